The summed E-state index contributed by atoms with van der Waals surface area (Å²) in [7, 11) is 0. The van der Waals surface area contributed by atoms with Gasteiger partial charge >= 0.3 is 5.97 Å². The molecule has 0 fully saturated rings. The second-order valence-electron chi connectivity index (χ2n) is 4.24. The van der Waals surface area contributed by atoms with Crippen molar-refractivity contribution >= 4 is 11.8 Å². The van der Waals surface area contributed by atoms with E-state index in [4.69, 9.17) is 5.11 Å². The number of benzene rings is 1. The Morgan fingerprint density at radius 1 is 1.28 bits per heavy atom. The summed E-state index contributed by atoms with van der Waals surface area (Å²) in [4.78, 5) is 22.7. The molecule has 0 aromatic heterocycles. The molecule has 1 atom stereocenters. The van der Waals surface area contributed by atoms with Crippen LogP contribution in [0.25, 0.3) is 0 Å². The number of carboxylic acid groups (broad SMARTS) is 1. The van der Waals surface area contributed by atoms with Crippen molar-refractivity contribution in [1.82, 2.24) is 0 Å². The van der Waals surface area contributed by atoms with Gasteiger partial charge in [-0.25, -0.2) is 0 Å². The van der Waals surface area contributed by atoms with E-state index in [1.54, 1.807) is 18.2 Å². The lowest BCUT2D eigenvalue weighted by atomic mass is 9.96. The summed E-state index contributed by atoms with van der Waals surface area (Å²) in [6.45, 7) is 3.54. The Morgan fingerprint density at radius 3 is 2.50 bits per heavy atom. The van der Waals surface area contributed by atoms with Gasteiger partial charge in [-0.05, 0) is 19.3 Å². The van der Waals surface area contributed by atoms with Crippen LogP contribution in [0.2, 0.25) is 0 Å². The standard InChI is InChI=1S/C15H18O3/c1-2-7-13(15(17)18)10-6-11-14(16)12-8-4-3-5-9-12/h2-5,8-9,13H,1,6-7,10-11H2,(H,17,18). The van der Waals surface area contributed by atoms with E-state index in [0.717, 1.165) is 0 Å². The predicted molar refractivity (Wildman–Crippen MR) is 70.6 cm³/mol. The molecule has 0 heterocycles. The molecule has 0 amide bonds. The largest absolute Gasteiger partial charge is 0.481 e. The number of allylic oxidation sites excluding steroid dienone is 1. The van der Waals surface area contributed by atoms with Gasteiger partial charge in [-0.1, -0.05) is 36.4 Å². The first-order valence-electron chi connectivity index (χ1n) is 6.07. The van der Waals surface area contributed by atoms with Crippen LogP contribution in [0.1, 0.15) is 36.0 Å². The summed E-state index contributed by atoms with van der Waals surface area (Å²) in [5.41, 5.74) is 0.688. The first kappa shape index (κ1) is 14.2. The molecular formula is C15H18O3. The molecule has 1 aromatic carbocycles. The van der Waals surface area contributed by atoms with Gasteiger partial charge in [-0.2, -0.15) is 0 Å². The van der Waals surface area contributed by atoms with E-state index in [0.29, 0.717) is 31.2 Å². The number of ketones is 1. The maximum absolute atomic E-state index is 11.8. The molecule has 18 heavy (non-hydrogen) atoms. The van der Waals surface area contributed by atoms with Gasteiger partial charge < -0.3 is 5.11 Å². The van der Waals surface area contributed by atoms with Crippen molar-refractivity contribution < 1.29 is 14.7 Å². The van der Waals surface area contributed by atoms with Crippen molar-refractivity contribution in [3.63, 3.8) is 0 Å². The summed E-state index contributed by atoms with van der Waals surface area (Å²) in [6.07, 6.45) is 3.57. The average Bonchev–Trinajstić information content (AvgIpc) is 2.38. The van der Waals surface area contributed by atoms with Crippen LogP contribution in [0, 0.1) is 5.92 Å². The minimum absolute atomic E-state index is 0.0679. The van der Waals surface area contributed by atoms with Crippen molar-refractivity contribution in [2.45, 2.75) is 25.7 Å². The van der Waals surface area contributed by atoms with E-state index >= 15 is 0 Å². The van der Waals surface area contributed by atoms with Crippen LogP contribution in [0.5, 0.6) is 0 Å². The Balaban J connectivity index is 2.39. The van der Waals surface area contributed by atoms with Crippen molar-refractivity contribution in [3.05, 3.63) is 48.6 Å². The Labute approximate surface area is 107 Å². The van der Waals surface area contributed by atoms with Crippen LogP contribution >= 0.6 is 0 Å². The van der Waals surface area contributed by atoms with Gasteiger partial charge in [0, 0.05) is 12.0 Å². The average molecular weight is 246 g/mol. The molecule has 0 bridgehead atoms. The van der Waals surface area contributed by atoms with E-state index in [9.17, 15) is 9.59 Å². The molecule has 3 heteroatoms. The third kappa shape index (κ3) is 4.53. The molecule has 96 valence electrons. The van der Waals surface area contributed by atoms with Crippen LogP contribution in [0.15, 0.2) is 43.0 Å². The number of carbonyl (C=O) groups is 2. The molecule has 0 saturated carbocycles. The summed E-state index contributed by atoms with van der Waals surface area (Å²) in [6, 6.07) is 9.07. The van der Waals surface area contributed by atoms with Crippen molar-refractivity contribution in [2.75, 3.05) is 0 Å². The van der Waals surface area contributed by atoms with E-state index in [1.807, 2.05) is 18.2 Å². The minimum atomic E-state index is -0.818. The molecule has 3 nitrogen and oxygen atoms in total. The number of rotatable bonds is 8. The highest BCUT2D eigenvalue weighted by atomic mass is 16.4. The molecule has 1 unspecified atom stereocenters. The lowest BCUT2D eigenvalue weighted by Crippen LogP contribution is -2.13. The van der Waals surface area contributed by atoms with Gasteiger partial charge in [0.2, 0.25) is 0 Å². The molecule has 1 N–H and O–H groups in total. The van der Waals surface area contributed by atoms with Crippen LogP contribution in [0.3, 0.4) is 0 Å². The zero-order valence-corrected chi connectivity index (χ0v) is 10.3. The highest BCUT2D eigenvalue weighted by molar-refractivity contribution is 5.95. The monoisotopic (exact) mass is 246 g/mol. The Bertz CT molecular complexity index is 409. The molecule has 0 aliphatic carbocycles. The normalized spacial score (nSPS) is 11.8. The third-order valence-corrected chi connectivity index (χ3v) is 2.85. The Hall–Kier alpha value is -1.90. The van der Waals surface area contributed by atoms with Gasteiger partial charge in [0.25, 0.3) is 0 Å². The fourth-order valence-corrected chi connectivity index (χ4v) is 1.82. The van der Waals surface area contributed by atoms with Gasteiger partial charge in [-0.15, -0.1) is 6.58 Å². The summed E-state index contributed by atoms with van der Waals surface area (Å²) < 4.78 is 0. The van der Waals surface area contributed by atoms with Crippen molar-refractivity contribution in [2.24, 2.45) is 5.92 Å². The fourth-order valence-electron chi connectivity index (χ4n) is 1.82. The molecular weight excluding hydrogens is 228 g/mol. The topological polar surface area (TPSA) is 54.4 Å². The van der Waals surface area contributed by atoms with Crippen molar-refractivity contribution in [3.8, 4) is 0 Å². The van der Waals surface area contributed by atoms with E-state index < -0.39 is 11.9 Å². The highest BCUT2D eigenvalue weighted by Crippen LogP contribution is 2.15. The molecule has 0 aliphatic heterocycles. The van der Waals surface area contributed by atoms with Crippen LogP contribution in [0.4, 0.5) is 0 Å². The molecule has 0 saturated heterocycles. The predicted octanol–water partition coefficient (Wildman–Crippen LogP) is 3.32. The van der Waals surface area contributed by atoms with E-state index in [-0.39, 0.29) is 5.78 Å². The maximum Gasteiger partial charge on any atom is 0.306 e. The summed E-state index contributed by atoms with van der Waals surface area (Å²) >= 11 is 0. The lowest BCUT2D eigenvalue weighted by Gasteiger charge is -2.09. The number of hydrogen-bond acceptors (Lipinski definition) is 2. The SMILES string of the molecule is C=CCC(CCCC(=O)c1ccccc1)C(=O)O. The second-order valence-corrected chi connectivity index (χ2v) is 4.24. The lowest BCUT2D eigenvalue weighted by molar-refractivity contribution is -0.141. The van der Waals surface area contributed by atoms with Crippen molar-refractivity contribution in [1.29, 1.82) is 0 Å². The van der Waals surface area contributed by atoms with Gasteiger partial charge in [0.05, 0.1) is 5.92 Å². The van der Waals surface area contributed by atoms with Gasteiger partial charge in [0.15, 0.2) is 5.78 Å². The molecule has 1 aromatic rings. The highest BCUT2D eigenvalue weighted by Gasteiger charge is 2.16. The molecule has 0 radical (unpaired) electrons. The number of Topliss-reactive ketones (excluding diaryl/α,β-unsaturated/α-hetero) is 1. The minimum Gasteiger partial charge on any atom is -0.481 e. The first-order chi connectivity index (χ1) is 8.65. The summed E-state index contributed by atoms with van der Waals surface area (Å²) in [5.74, 6) is -1.17. The number of carbonyl (C=O) groups excluding carboxylic acids is 1. The molecule has 0 aliphatic rings. The number of carboxylic acids is 1. The second kappa shape index (κ2) is 7.43. The molecule has 1 rings (SSSR count). The smallest absolute Gasteiger partial charge is 0.306 e. The maximum atomic E-state index is 11.8. The third-order valence-electron chi connectivity index (χ3n) is 2.85. The Kier molecular flexibility index (Phi) is 5.85. The first-order valence-corrected chi connectivity index (χ1v) is 6.07. The summed E-state index contributed by atoms with van der Waals surface area (Å²) in [5, 5.41) is 8.95. The van der Waals surface area contributed by atoms with Crippen LogP contribution in [-0.4, -0.2) is 16.9 Å². The van der Waals surface area contributed by atoms with Crippen LogP contribution in [-0.2, 0) is 4.79 Å². The van der Waals surface area contributed by atoms with Gasteiger partial charge in [0.1, 0.15) is 0 Å². The van der Waals surface area contributed by atoms with E-state index in [1.165, 1.54) is 0 Å². The zero-order valence-electron chi connectivity index (χ0n) is 10.3. The van der Waals surface area contributed by atoms with Gasteiger partial charge in [-0.3, -0.25) is 9.59 Å². The fraction of sp³-hybridized carbons (Fsp3) is 0.333. The number of hydrogen-bond donors (Lipinski definition) is 1. The number of aliphatic carboxylic acids is 1. The Morgan fingerprint density at radius 2 is 1.94 bits per heavy atom. The zero-order chi connectivity index (χ0) is 13.4. The molecule has 0 spiro atoms. The van der Waals surface area contributed by atoms with Crippen LogP contribution < -0.4 is 0 Å². The van der Waals surface area contributed by atoms with E-state index in [2.05, 4.69) is 6.58 Å². The quantitative estimate of drug-likeness (QED) is 0.565.